The Morgan fingerprint density at radius 3 is 2.23 bits per heavy atom. The van der Waals surface area contributed by atoms with E-state index in [4.69, 9.17) is 4.84 Å². The van der Waals surface area contributed by atoms with Crippen LogP contribution in [0.5, 0.6) is 0 Å². The topological polar surface area (TPSA) is 81.5 Å². The molecule has 0 spiro atoms. The Hall–Kier alpha value is -3.88. The van der Waals surface area contributed by atoms with Crippen molar-refractivity contribution < 1.29 is 28.0 Å². The highest BCUT2D eigenvalue weighted by Crippen LogP contribution is 2.30. The Morgan fingerprint density at radius 1 is 0.967 bits per heavy atom. The number of benzene rings is 2. The van der Waals surface area contributed by atoms with Crippen molar-refractivity contribution in [3.8, 4) is 5.69 Å². The maximum Gasteiger partial charge on any atom is 0.384 e. The second kappa shape index (κ2) is 6.58. The van der Waals surface area contributed by atoms with Gasteiger partial charge >= 0.3 is 5.97 Å². The Balaban J connectivity index is 1.49. The third kappa shape index (κ3) is 2.70. The van der Waals surface area contributed by atoms with Crippen LogP contribution in [0, 0.1) is 11.6 Å². The zero-order valence-corrected chi connectivity index (χ0v) is 15.4. The molecule has 2 heterocycles. The van der Waals surface area contributed by atoms with Crippen LogP contribution in [0.1, 0.15) is 48.9 Å². The highest BCUT2D eigenvalue weighted by atomic mass is 19.1. The quantitative estimate of drug-likeness (QED) is 0.622. The molecule has 7 nitrogen and oxygen atoms in total. The number of halogens is 2. The molecular weight excluding hydrogens is 396 g/mol. The van der Waals surface area contributed by atoms with Gasteiger partial charge in [-0.1, -0.05) is 17.2 Å². The molecule has 0 unspecified atom stereocenters. The molecule has 1 aliphatic carbocycles. The molecule has 1 aromatic heterocycles. The number of fused-ring (bicyclic) bond motifs is 2. The van der Waals surface area contributed by atoms with Gasteiger partial charge in [-0.05, 0) is 43.5 Å². The second-order valence-electron chi connectivity index (χ2n) is 7.00. The van der Waals surface area contributed by atoms with E-state index in [2.05, 4.69) is 5.10 Å². The maximum atomic E-state index is 13.7. The van der Waals surface area contributed by atoms with Gasteiger partial charge in [-0.25, -0.2) is 18.3 Å². The highest BCUT2D eigenvalue weighted by Gasteiger charge is 2.40. The summed E-state index contributed by atoms with van der Waals surface area (Å²) in [4.78, 5) is 42.7. The van der Waals surface area contributed by atoms with Gasteiger partial charge in [-0.3, -0.25) is 9.59 Å². The van der Waals surface area contributed by atoms with Crippen LogP contribution in [0.3, 0.4) is 0 Å². The molecule has 9 heteroatoms. The summed E-state index contributed by atoms with van der Waals surface area (Å²) < 4.78 is 28.6. The van der Waals surface area contributed by atoms with E-state index in [-0.39, 0.29) is 22.5 Å². The Labute approximate surface area is 168 Å². The summed E-state index contributed by atoms with van der Waals surface area (Å²) in [5, 5.41) is 4.60. The van der Waals surface area contributed by atoms with Crippen molar-refractivity contribution >= 4 is 17.8 Å². The van der Waals surface area contributed by atoms with E-state index in [0.717, 1.165) is 24.6 Å². The summed E-state index contributed by atoms with van der Waals surface area (Å²) in [5.41, 5.74) is 1.52. The van der Waals surface area contributed by atoms with Gasteiger partial charge in [0, 0.05) is 17.3 Å². The minimum atomic E-state index is -0.988. The first kappa shape index (κ1) is 18.2. The molecule has 2 aromatic carbocycles. The predicted molar refractivity (Wildman–Crippen MR) is 97.9 cm³/mol. The lowest BCUT2D eigenvalue weighted by Crippen LogP contribution is -2.33. The largest absolute Gasteiger partial charge is 0.384 e. The number of hydrogen-bond donors (Lipinski definition) is 0. The van der Waals surface area contributed by atoms with Crippen molar-refractivity contribution in [1.29, 1.82) is 0 Å². The van der Waals surface area contributed by atoms with Crippen LogP contribution in [0.4, 0.5) is 8.78 Å². The summed E-state index contributed by atoms with van der Waals surface area (Å²) in [6, 6.07) is 9.08. The van der Waals surface area contributed by atoms with Crippen LogP contribution in [0.25, 0.3) is 5.69 Å². The van der Waals surface area contributed by atoms with Gasteiger partial charge in [0.2, 0.25) is 0 Å². The average molecular weight is 409 g/mol. The molecule has 0 bridgehead atoms. The fourth-order valence-corrected chi connectivity index (χ4v) is 3.85. The fourth-order valence-electron chi connectivity index (χ4n) is 3.85. The fraction of sp³-hybridized carbons (Fsp3) is 0.143. The molecule has 150 valence electrons. The summed E-state index contributed by atoms with van der Waals surface area (Å²) in [7, 11) is 0. The van der Waals surface area contributed by atoms with Crippen LogP contribution in [0.2, 0.25) is 0 Å². The van der Waals surface area contributed by atoms with Gasteiger partial charge in [-0.15, -0.1) is 0 Å². The number of hydroxylamine groups is 2. The predicted octanol–water partition coefficient (Wildman–Crippen LogP) is 3.01. The Kier molecular flexibility index (Phi) is 3.99. The smallest absolute Gasteiger partial charge is 0.322 e. The van der Waals surface area contributed by atoms with Crippen LogP contribution >= 0.6 is 0 Å². The molecule has 0 saturated carbocycles. The van der Waals surface area contributed by atoms with Gasteiger partial charge in [0.05, 0.1) is 16.8 Å². The van der Waals surface area contributed by atoms with Gasteiger partial charge in [0.1, 0.15) is 11.6 Å². The van der Waals surface area contributed by atoms with Crippen molar-refractivity contribution in [3.63, 3.8) is 0 Å². The van der Waals surface area contributed by atoms with Crippen molar-refractivity contribution in [2.24, 2.45) is 0 Å². The summed E-state index contributed by atoms with van der Waals surface area (Å²) in [5.74, 6) is -4.03. The molecule has 2 amide bonds. The van der Waals surface area contributed by atoms with E-state index in [9.17, 15) is 23.2 Å². The molecule has 30 heavy (non-hydrogen) atoms. The lowest BCUT2D eigenvalue weighted by Gasteiger charge is -2.12. The van der Waals surface area contributed by atoms with Crippen LogP contribution in [-0.2, 0) is 17.7 Å². The lowest BCUT2D eigenvalue weighted by molar-refractivity contribution is -0.0589. The van der Waals surface area contributed by atoms with E-state index in [1.54, 1.807) is 12.1 Å². The third-order valence-corrected chi connectivity index (χ3v) is 5.15. The molecule has 2 aliphatic rings. The number of nitrogens with zero attached hydrogens (tertiary/aromatic N) is 3. The van der Waals surface area contributed by atoms with Gasteiger partial charge in [0.15, 0.2) is 5.69 Å². The average Bonchev–Trinajstić information content (AvgIpc) is 3.38. The first-order valence-electron chi connectivity index (χ1n) is 9.21. The number of aromatic nitrogens is 2. The molecule has 0 saturated heterocycles. The zero-order valence-electron chi connectivity index (χ0n) is 15.4. The molecular formula is C21H13F2N3O4. The highest BCUT2D eigenvalue weighted by molar-refractivity contribution is 6.21. The summed E-state index contributed by atoms with van der Waals surface area (Å²) >= 11 is 0. The van der Waals surface area contributed by atoms with Crippen LogP contribution in [0.15, 0.2) is 42.5 Å². The van der Waals surface area contributed by atoms with Crippen LogP contribution < -0.4 is 0 Å². The van der Waals surface area contributed by atoms with Gasteiger partial charge in [-0.2, -0.15) is 5.10 Å². The Bertz CT molecular complexity index is 1200. The number of imide groups is 1. The molecule has 0 fully saturated rings. The van der Waals surface area contributed by atoms with E-state index >= 15 is 0 Å². The van der Waals surface area contributed by atoms with E-state index in [1.165, 1.54) is 16.8 Å². The summed E-state index contributed by atoms with van der Waals surface area (Å²) in [6.45, 7) is 0. The molecule has 0 atom stereocenters. The Morgan fingerprint density at radius 2 is 1.60 bits per heavy atom. The number of hydrogen-bond acceptors (Lipinski definition) is 5. The standard InChI is InChI=1S/C21H13F2N3O4/c22-11-8-12(23)10-13(9-11)25-17-7-3-6-16(17)18(24-25)21(29)30-26-19(27)14-4-1-2-5-15(14)20(26)28/h1-2,4-5,8-10H,3,6-7H2. The molecule has 3 aromatic rings. The zero-order chi connectivity index (χ0) is 21.0. The minimum absolute atomic E-state index is 0.0938. The van der Waals surface area contributed by atoms with Crippen molar-refractivity contribution in [3.05, 3.63) is 82.2 Å². The van der Waals surface area contributed by atoms with Gasteiger partial charge < -0.3 is 4.84 Å². The maximum absolute atomic E-state index is 13.7. The molecule has 0 N–H and O–H groups in total. The van der Waals surface area contributed by atoms with Gasteiger partial charge in [0.25, 0.3) is 11.8 Å². The first-order chi connectivity index (χ1) is 14.4. The molecule has 0 radical (unpaired) electrons. The van der Waals surface area contributed by atoms with E-state index < -0.39 is 29.4 Å². The van der Waals surface area contributed by atoms with E-state index in [1.807, 2.05) is 0 Å². The monoisotopic (exact) mass is 409 g/mol. The van der Waals surface area contributed by atoms with Crippen molar-refractivity contribution in [2.45, 2.75) is 19.3 Å². The first-order valence-corrected chi connectivity index (χ1v) is 9.21. The van der Waals surface area contributed by atoms with Crippen molar-refractivity contribution in [1.82, 2.24) is 14.8 Å². The molecule has 5 rings (SSSR count). The lowest BCUT2D eigenvalue weighted by atomic mass is 10.1. The summed E-state index contributed by atoms with van der Waals surface area (Å²) in [6.07, 6.45) is 1.79. The number of carbonyl (C=O) groups is 3. The molecule has 1 aliphatic heterocycles. The minimum Gasteiger partial charge on any atom is -0.322 e. The second-order valence-corrected chi connectivity index (χ2v) is 7.00. The number of rotatable bonds is 3. The number of carbonyl (C=O) groups excluding carboxylic acids is 3. The van der Waals surface area contributed by atoms with E-state index in [0.29, 0.717) is 29.2 Å². The normalized spacial score (nSPS) is 14.8. The van der Waals surface area contributed by atoms with Crippen molar-refractivity contribution in [2.75, 3.05) is 0 Å². The third-order valence-electron chi connectivity index (χ3n) is 5.15. The SMILES string of the molecule is O=C(ON1C(=O)c2ccccc2C1=O)c1nn(-c2cc(F)cc(F)c2)c2c1CCC2. The number of amides is 2. The van der Waals surface area contributed by atoms with Crippen LogP contribution in [-0.4, -0.2) is 32.6 Å².